The summed E-state index contributed by atoms with van der Waals surface area (Å²) in [6.07, 6.45) is 0.535. The van der Waals surface area contributed by atoms with E-state index in [2.05, 4.69) is 33.6 Å². The van der Waals surface area contributed by atoms with Crippen LogP contribution in [0.5, 0.6) is 0 Å². The lowest BCUT2D eigenvalue weighted by atomic mass is 9.93. The molecule has 1 heterocycles. The van der Waals surface area contributed by atoms with Gasteiger partial charge in [-0.05, 0) is 59.3 Å². The maximum Gasteiger partial charge on any atom is 0.0970 e. The highest BCUT2D eigenvalue weighted by atomic mass is 127. The molecule has 1 atom stereocenters. The van der Waals surface area contributed by atoms with Gasteiger partial charge in [-0.25, -0.2) is 4.98 Å². The number of thiazole rings is 1. The van der Waals surface area contributed by atoms with E-state index in [4.69, 9.17) is 0 Å². The van der Waals surface area contributed by atoms with Crippen LogP contribution in [0, 0.1) is 3.57 Å². The average molecular weight is 395 g/mol. The highest BCUT2D eigenvalue weighted by Crippen LogP contribution is 2.30. The number of aliphatic hydroxyl groups is 1. The number of nitrogens with zero attached hydrogens (tertiary/aromatic N) is 1. The third kappa shape index (κ3) is 2.87. The van der Waals surface area contributed by atoms with Crippen LogP contribution in [0.2, 0.25) is 0 Å². The van der Waals surface area contributed by atoms with Crippen molar-refractivity contribution in [2.24, 2.45) is 0 Å². The van der Waals surface area contributed by atoms with Gasteiger partial charge >= 0.3 is 0 Å². The Hall–Kier alpha value is -0.980. The molecule has 4 heteroatoms. The first kappa shape index (κ1) is 14.0. The molecule has 2 nitrogen and oxygen atoms in total. The molecule has 0 spiro atoms. The van der Waals surface area contributed by atoms with E-state index in [-0.39, 0.29) is 0 Å². The molecule has 0 aliphatic rings. The van der Waals surface area contributed by atoms with Crippen molar-refractivity contribution in [2.75, 3.05) is 0 Å². The number of aromatic nitrogens is 1. The Labute approximate surface area is 135 Å². The van der Waals surface area contributed by atoms with Crippen molar-refractivity contribution in [1.29, 1.82) is 0 Å². The van der Waals surface area contributed by atoms with E-state index < -0.39 is 5.60 Å². The Morgan fingerprint density at radius 3 is 2.55 bits per heavy atom. The van der Waals surface area contributed by atoms with Gasteiger partial charge in [-0.2, -0.15) is 0 Å². The van der Waals surface area contributed by atoms with Crippen molar-refractivity contribution in [3.63, 3.8) is 0 Å². The average Bonchev–Trinajstić information content (AvgIpc) is 2.80. The van der Waals surface area contributed by atoms with Gasteiger partial charge in [0.15, 0.2) is 0 Å². The predicted molar refractivity (Wildman–Crippen MR) is 92.1 cm³/mol. The number of halogens is 1. The van der Waals surface area contributed by atoms with Crippen LogP contribution in [-0.4, -0.2) is 10.1 Å². The molecule has 1 unspecified atom stereocenters. The molecule has 3 aromatic rings. The SMILES string of the molecule is CC(O)(Cc1nc2ccccc2s1)c1ccc(I)cc1. The summed E-state index contributed by atoms with van der Waals surface area (Å²) in [7, 11) is 0. The van der Waals surface area contributed by atoms with Gasteiger partial charge in [0.2, 0.25) is 0 Å². The van der Waals surface area contributed by atoms with Crippen molar-refractivity contribution in [2.45, 2.75) is 18.9 Å². The molecule has 1 N–H and O–H groups in total. The van der Waals surface area contributed by atoms with Crippen molar-refractivity contribution in [3.05, 3.63) is 62.7 Å². The number of rotatable bonds is 3. The summed E-state index contributed by atoms with van der Waals surface area (Å²) in [6, 6.07) is 16.1. The maximum atomic E-state index is 10.7. The number of hydrogen-bond donors (Lipinski definition) is 1. The molecule has 0 bridgehead atoms. The largest absolute Gasteiger partial charge is 0.385 e. The van der Waals surface area contributed by atoms with Crippen molar-refractivity contribution in [1.82, 2.24) is 4.98 Å². The Morgan fingerprint density at radius 2 is 1.85 bits per heavy atom. The van der Waals surface area contributed by atoms with E-state index in [9.17, 15) is 5.11 Å². The Bertz CT molecular complexity index is 701. The molecule has 1 aromatic heterocycles. The minimum absolute atomic E-state index is 0.535. The number of benzene rings is 2. The first-order valence-electron chi connectivity index (χ1n) is 6.37. The van der Waals surface area contributed by atoms with Gasteiger partial charge in [0.1, 0.15) is 0 Å². The standard InChI is InChI=1S/C16H14INOS/c1-16(19,11-6-8-12(17)9-7-11)10-15-18-13-4-2-3-5-14(13)20-15/h2-9,19H,10H2,1H3. The second-order valence-electron chi connectivity index (χ2n) is 5.03. The van der Waals surface area contributed by atoms with Crippen LogP contribution in [0.1, 0.15) is 17.5 Å². The fourth-order valence-corrected chi connectivity index (χ4v) is 3.68. The van der Waals surface area contributed by atoms with E-state index in [0.717, 1.165) is 16.1 Å². The van der Waals surface area contributed by atoms with E-state index in [0.29, 0.717) is 6.42 Å². The lowest BCUT2D eigenvalue weighted by Gasteiger charge is -2.22. The number of fused-ring (bicyclic) bond motifs is 1. The molecular formula is C16H14INOS. The molecule has 0 amide bonds. The van der Waals surface area contributed by atoms with Gasteiger partial charge in [-0.3, -0.25) is 0 Å². The van der Waals surface area contributed by atoms with Crippen LogP contribution < -0.4 is 0 Å². The fourth-order valence-electron chi connectivity index (χ4n) is 2.20. The predicted octanol–water partition coefficient (Wildman–Crippen LogP) is 4.35. The fraction of sp³-hybridized carbons (Fsp3) is 0.188. The Balaban J connectivity index is 1.90. The molecule has 0 saturated carbocycles. The van der Waals surface area contributed by atoms with Gasteiger partial charge < -0.3 is 5.11 Å². The van der Waals surface area contributed by atoms with E-state index in [1.807, 2.05) is 49.4 Å². The quantitative estimate of drug-likeness (QED) is 0.669. The van der Waals surface area contributed by atoms with E-state index >= 15 is 0 Å². The molecule has 0 fully saturated rings. The summed E-state index contributed by atoms with van der Waals surface area (Å²) in [5.41, 5.74) is 1.04. The molecule has 102 valence electrons. The second kappa shape index (κ2) is 5.42. The summed E-state index contributed by atoms with van der Waals surface area (Å²) < 4.78 is 2.34. The van der Waals surface area contributed by atoms with Crippen molar-refractivity contribution in [3.8, 4) is 0 Å². The van der Waals surface area contributed by atoms with Crippen LogP contribution >= 0.6 is 33.9 Å². The lowest BCUT2D eigenvalue weighted by molar-refractivity contribution is 0.0576. The molecule has 0 aliphatic heterocycles. The molecule has 3 rings (SSSR count). The normalized spacial score (nSPS) is 14.3. The maximum absolute atomic E-state index is 10.7. The van der Waals surface area contributed by atoms with Crippen LogP contribution in [0.3, 0.4) is 0 Å². The zero-order valence-electron chi connectivity index (χ0n) is 11.0. The smallest absolute Gasteiger partial charge is 0.0970 e. The zero-order valence-corrected chi connectivity index (χ0v) is 14.0. The van der Waals surface area contributed by atoms with Gasteiger partial charge in [0, 0.05) is 9.99 Å². The molecular weight excluding hydrogens is 381 g/mol. The first-order chi connectivity index (χ1) is 9.54. The van der Waals surface area contributed by atoms with E-state index in [1.165, 1.54) is 8.27 Å². The van der Waals surface area contributed by atoms with Crippen LogP contribution in [-0.2, 0) is 12.0 Å². The molecule has 0 radical (unpaired) electrons. The highest BCUT2D eigenvalue weighted by molar-refractivity contribution is 14.1. The highest BCUT2D eigenvalue weighted by Gasteiger charge is 2.25. The molecule has 0 saturated heterocycles. The summed E-state index contributed by atoms with van der Waals surface area (Å²) in [5, 5.41) is 11.7. The minimum Gasteiger partial charge on any atom is -0.385 e. The topological polar surface area (TPSA) is 33.1 Å². The summed E-state index contributed by atoms with van der Waals surface area (Å²) in [5.74, 6) is 0. The van der Waals surface area contributed by atoms with E-state index in [1.54, 1.807) is 11.3 Å². The number of hydrogen-bond acceptors (Lipinski definition) is 3. The first-order valence-corrected chi connectivity index (χ1v) is 8.27. The van der Waals surface area contributed by atoms with Gasteiger partial charge in [0.25, 0.3) is 0 Å². The minimum atomic E-state index is -0.891. The summed E-state index contributed by atoms with van der Waals surface area (Å²) in [4.78, 5) is 4.60. The van der Waals surface area contributed by atoms with Crippen molar-refractivity contribution < 1.29 is 5.11 Å². The van der Waals surface area contributed by atoms with Gasteiger partial charge in [-0.1, -0.05) is 24.3 Å². The lowest BCUT2D eigenvalue weighted by Crippen LogP contribution is -2.24. The monoisotopic (exact) mass is 395 g/mol. The summed E-state index contributed by atoms with van der Waals surface area (Å²) >= 11 is 3.92. The van der Waals surface area contributed by atoms with Crippen LogP contribution in [0.15, 0.2) is 48.5 Å². The second-order valence-corrected chi connectivity index (χ2v) is 7.39. The summed E-state index contributed by atoms with van der Waals surface area (Å²) in [6.45, 7) is 1.85. The molecule has 20 heavy (non-hydrogen) atoms. The molecule has 0 aliphatic carbocycles. The molecule has 2 aromatic carbocycles. The zero-order chi connectivity index (χ0) is 14.2. The van der Waals surface area contributed by atoms with Crippen LogP contribution in [0.4, 0.5) is 0 Å². The third-order valence-corrected chi connectivity index (χ3v) is 5.06. The van der Waals surface area contributed by atoms with Gasteiger partial charge in [-0.15, -0.1) is 11.3 Å². The van der Waals surface area contributed by atoms with Crippen LogP contribution in [0.25, 0.3) is 10.2 Å². The number of para-hydroxylation sites is 1. The Morgan fingerprint density at radius 1 is 1.15 bits per heavy atom. The van der Waals surface area contributed by atoms with Gasteiger partial charge in [0.05, 0.1) is 20.8 Å². The Kier molecular flexibility index (Phi) is 3.79. The van der Waals surface area contributed by atoms with Crippen molar-refractivity contribution >= 4 is 44.1 Å². The third-order valence-electron chi connectivity index (χ3n) is 3.30.